The maximum atomic E-state index is 5.42. The Hall–Kier alpha value is -1.62. The molecule has 0 aliphatic carbocycles. The zero-order chi connectivity index (χ0) is 14.3. The number of benzene rings is 1. The summed E-state index contributed by atoms with van der Waals surface area (Å²) in [4.78, 5) is 2.15. The van der Waals surface area contributed by atoms with E-state index in [0.29, 0.717) is 11.5 Å². The Bertz CT molecular complexity index is 397. The summed E-state index contributed by atoms with van der Waals surface area (Å²) >= 11 is 0. The van der Waals surface area contributed by atoms with E-state index in [1.165, 1.54) is 0 Å². The molecule has 0 fully saturated rings. The first-order chi connectivity index (χ1) is 9.17. The highest BCUT2D eigenvalue weighted by molar-refractivity contribution is 5.65. The Morgan fingerprint density at radius 1 is 1.00 bits per heavy atom. The molecule has 5 heteroatoms. The fourth-order valence-electron chi connectivity index (χ4n) is 1.92. The van der Waals surface area contributed by atoms with E-state index in [1.54, 1.807) is 21.3 Å². The van der Waals surface area contributed by atoms with Gasteiger partial charge in [-0.25, -0.2) is 0 Å². The van der Waals surface area contributed by atoms with Crippen LogP contribution in [0.2, 0.25) is 0 Å². The van der Waals surface area contributed by atoms with Crippen molar-refractivity contribution in [2.24, 2.45) is 0 Å². The highest BCUT2D eigenvalue weighted by atomic mass is 16.5. The second kappa shape index (κ2) is 7.74. The Morgan fingerprint density at radius 3 is 2.11 bits per heavy atom. The molecule has 108 valence electrons. The summed E-state index contributed by atoms with van der Waals surface area (Å²) in [6, 6.07) is 3.79. The van der Waals surface area contributed by atoms with Gasteiger partial charge in [0.2, 0.25) is 0 Å². The standard InChI is InChI=1S/C14H24N2O3/c1-15-7-6-8-16(2)11-9-13(18-4)14(19-5)10-12(11)17-3/h9-10,15H,6-8H2,1-5H3. The number of anilines is 1. The predicted octanol–water partition coefficient (Wildman–Crippen LogP) is 1.76. The molecule has 1 rings (SSSR count). The minimum absolute atomic E-state index is 0.673. The number of nitrogens with one attached hydrogen (secondary N) is 1. The van der Waals surface area contributed by atoms with E-state index in [2.05, 4.69) is 10.2 Å². The summed E-state index contributed by atoms with van der Waals surface area (Å²) in [5.41, 5.74) is 0.997. The topological polar surface area (TPSA) is 43.0 Å². The fourth-order valence-corrected chi connectivity index (χ4v) is 1.92. The van der Waals surface area contributed by atoms with Crippen LogP contribution in [0.25, 0.3) is 0 Å². The normalized spacial score (nSPS) is 10.2. The van der Waals surface area contributed by atoms with Crippen molar-refractivity contribution in [1.29, 1.82) is 0 Å². The summed E-state index contributed by atoms with van der Waals surface area (Å²) in [5.74, 6) is 2.16. The predicted molar refractivity (Wildman–Crippen MR) is 77.9 cm³/mol. The summed E-state index contributed by atoms with van der Waals surface area (Å²) in [7, 11) is 8.91. The maximum Gasteiger partial charge on any atom is 0.164 e. The molecule has 1 aromatic rings. The lowest BCUT2D eigenvalue weighted by Crippen LogP contribution is -2.22. The Labute approximate surface area is 115 Å². The van der Waals surface area contributed by atoms with Gasteiger partial charge >= 0.3 is 0 Å². The van der Waals surface area contributed by atoms with Crippen molar-refractivity contribution in [3.05, 3.63) is 12.1 Å². The van der Waals surface area contributed by atoms with Crippen LogP contribution >= 0.6 is 0 Å². The molecule has 0 spiro atoms. The molecule has 0 unspecified atom stereocenters. The van der Waals surface area contributed by atoms with Crippen LogP contribution in [0.3, 0.4) is 0 Å². The van der Waals surface area contributed by atoms with E-state index in [0.717, 1.165) is 30.9 Å². The molecule has 1 aromatic carbocycles. The smallest absolute Gasteiger partial charge is 0.164 e. The maximum absolute atomic E-state index is 5.42. The zero-order valence-corrected chi connectivity index (χ0v) is 12.4. The molecule has 0 atom stereocenters. The molecule has 0 aliphatic rings. The van der Waals surface area contributed by atoms with Crippen molar-refractivity contribution in [2.45, 2.75) is 6.42 Å². The molecule has 0 saturated carbocycles. The number of ether oxygens (including phenoxy) is 3. The van der Waals surface area contributed by atoms with Gasteiger partial charge in [0.15, 0.2) is 11.5 Å². The van der Waals surface area contributed by atoms with Crippen LogP contribution < -0.4 is 24.4 Å². The van der Waals surface area contributed by atoms with Crippen LogP contribution in [0.5, 0.6) is 17.2 Å². The third-order valence-electron chi connectivity index (χ3n) is 3.02. The van der Waals surface area contributed by atoms with Gasteiger partial charge in [-0.3, -0.25) is 0 Å². The molecule has 1 N–H and O–H groups in total. The average Bonchev–Trinajstić information content (AvgIpc) is 2.45. The van der Waals surface area contributed by atoms with Gasteiger partial charge in [0.1, 0.15) is 5.75 Å². The summed E-state index contributed by atoms with van der Waals surface area (Å²) in [6.07, 6.45) is 1.06. The van der Waals surface area contributed by atoms with Gasteiger partial charge in [-0.15, -0.1) is 0 Å². The molecule has 0 radical (unpaired) electrons. The van der Waals surface area contributed by atoms with Gasteiger partial charge in [0.25, 0.3) is 0 Å². The van der Waals surface area contributed by atoms with E-state index in [1.807, 2.05) is 26.2 Å². The monoisotopic (exact) mass is 268 g/mol. The molecule has 5 nitrogen and oxygen atoms in total. The van der Waals surface area contributed by atoms with Crippen molar-refractivity contribution in [3.8, 4) is 17.2 Å². The van der Waals surface area contributed by atoms with Crippen molar-refractivity contribution in [1.82, 2.24) is 5.32 Å². The fraction of sp³-hybridized carbons (Fsp3) is 0.571. The largest absolute Gasteiger partial charge is 0.494 e. The average molecular weight is 268 g/mol. The summed E-state index contributed by atoms with van der Waals surface area (Å²) in [6.45, 7) is 1.92. The number of methoxy groups -OCH3 is 3. The van der Waals surface area contributed by atoms with Crippen molar-refractivity contribution >= 4 is 5.69 Å². The van der Waals surface area contributed by atoms with Gasteiger partial charge in [-0.05, 0) is 20.0 Å². The number of nitrogens with zero attached hydrogens (tertiary/aromatic N) is 1. The van der Waals surface area contributed by atoms with Gasteiger partial charge in [-0.1, -0.05) is 0 Å². The van der Waals surface area contributed by atoms with Crippen LogP contribution in [0.15, 0.2) is 12.1 Å². The van der Waals surface area contributed by atoms with Gasteiger partial charge in [-0.2, -0.15) is 0 Å². The van der Waals surface area contributed by atoms with Gasteiger partial charge in [0, 0.05) is 25.7 Å². The van der Waals surface area contributed by atoms with E-state index in [9.17, 15) is 0 Å². The second-order valence-corrected chi connectivity index (χ2v) is 4.26. The SMILES string of the molecule is CNCCCN(C)c1cc(OC)c(OC)cc1OC. The summed E-state index contributed by atoms with van der Waals surface area (Å²) in [5, 5.41) is 3.14. The quantitative estimate of drug-likeness (QED) is 0.728. The lowest BCUT2D eigenvalue weighted by molar-refractivity contribution is 0.349. The summed E-state index contributed by atoms with van der Waals surface area (Å²) < 4.78 is 16.0. The molecule has 0 bridgehead atoms. The molecule has 19 heavy (non-hydrogen) atoms. The van der Waals surface area contributed by atoms with Crippen molar-refractivity contribution in [3.63, 3.8) is 0 Å². The first kappa shape index (κ1) is 15.4. The number of hydrogen-bond acceptors (Lipinski definition) is 5. The van der Waals surface area contributed by atoms with Crippen LogP contribution in [-0.2, 0) is 0 Å². The highest BCUT2D eigenvalue weighted by Gasteiger charge is 2.14. The molecule has 0 amide bonds. The van der Waals surface area contributed by atoms with E-state index in [-0.39, 0.29) is 0 Å². The van der Waals surface area contributed by atoms with Crippen LogP contribution in [0.1, 0.15) is 6.42 Å². The second-order valence-electron chi connectivity index (χ2n) is 4.26. The third kappa shape index (κ3) is 3.92. The molecule has 0 aromatic heterocycles. The van der Waals surface area contributed by atoms with Gasteiger partial charge < -0.3 is 24.4 Å². The van der Waals surface area contributed by atoms with Crippen LogP contribution in [-0.4, -0.2) is 48.5 Å². The Morgan fingerprint density at radius 2 is 1.58 bits per heavy atom. The molecule has 0 aliphatic heterocycles. The number of hydrogen-bond donors (Lipinski definition) is 1. The number of rotatable bonds is 8. The lowest BCUT2D eigenvalue weighted by atomic mass is 10.2. The minimum atomic E-state index is 0.673. The van der Waals surface area contributed by atoms with Crippen LogP contribution in [0, 0.1) is 0 Å². The van der Waals surface area contributed by atoms with E-state index < -0.39 is 0 Å². The van der Waals surface area contributed by atoms with Crippen molar-refractivity contribution in [2.75, 3.05) is 53.4 Å². The first-order valence-corrected chi connectivity index (χ1v) is 6.33. The third-order valence-corrected chi connectivity index (χ3v) is 3.02. The molecule has 0 saturated heterocycles. The van der Waals surface area contributed by atoms with Crippen LogP contribution in [0.4, 0.5) is 5.69 Å². The minimum Gasteiger partial charge on any atom is -0.494 e. The molecular formula is C14H24N2O3. The lowest BCUT2D eigenvalue weighted by Gasteiger charge is -2.23. The molecule has 0 heterocycles. The molecular weight excluding hydrogens is 244 g/mol. The Kier molecular flexibility index (Phi) is 6.29. The van der Waals surface area contributed by atoms with Crippen molar-refractivity contribution < 1.29 is 14.2 Å². The first-order valence-electron chi connectivity index (χ1n) is 6.33. The highest BCUT2D eigenvalue weighted by Crippen LogP contribution is 2.39. The van der Waals surface area contributed by atoms with Gasteiger partial charge in [0.05, 0.1) is 27.0 Å². The van der Waals surface area contributed by atoms with E-state index in [4.69, 9.17) is 14.2 Å². The Balaban J connectivity index is 2.97. The zero-order valence-electron chi connectivity index (χ0n) is 12.4. The van der Waals surface area contributed by atoms with E-state index >= 15 is 0 Å².